The number of rotatable bonds is 5. The van der Waals surface area contributed by atoms with E-state index in [1.807, 2.05) is 31.2 Å². The maximum atomic E-state index is 11.3. The van der Waals surface area contributed by atoms with Crippen molar-refractivity contribution in [3.8, 4) is 0 Å². The van der Waals surface area contributed by atoms with E-state index in [0.717, 1.165) is 15.6 Å². The molecule has 1 aromatic carbocycles. The van der Waals surface area contributed by atoms with Crippen LogP contribution in [0.1, 0.15) is 31.4 Å². The van der Waals surface area contributed by atoms with Crippen LogP contribution < -0.4 is 0 Å². The lowest BCUT2D eigenvalue weighted by Gasteiger charge is -2.10. The minimum atomic E-state index is -0.777. The first-order chi connectivity index (χ1) is 7.63. The Labute approximate surface area is 109 Å². The Morgan fingerprint density at radius 2 is 2.06 bits per heavy atom. The van der Waals surface area contributed by atoms with Crippen molar-refractivity contribution < 1.29 is 14.6 Å². The van der Waals surface area contributed by atoms with Gasteiger partial charge in [-0.3, -0.25) is 4.79 Å². The molecule has 0 aliphatic carbocycles. The molecular weight excluding hydrogens is 319 g/mol. The molecule has 0 fully saturated rings. The van der Waals surface area contributed by atoms with Crippen molar-refractivity contribution >= 4 is 28.6 Å². The van der Waals surface area contributed by atoms with Crippen LogP contribution in [0.25, 0.3) is 0 Å². The molecule has 1 atom stereocenters. The van der Waals surface area contributed by atoms with Crippen LogP contribution in [0.5, 0.6) is 0 Å². The summed E-state index contributed by atoms with van der Waals surface area (Å²) in [6, 6.07) is 7.44. The second-order valence-corrected chi connectivity index (χ2v) is 4.74. The minimum absolute atomic E-state index is 0.0145. The van der Waals surface area contributed by atoms with Crippen LogP contribution in [0.3, 0.4) is 0 Å². The van der Waals surface area contributed by atoms with Gasteiger partial charge >= 0.3 is 5.97 Å². The molecule has 0 radical (unpaired) electrons. The zero-order valence-corrected chi connectivity index (χ0v) is 11.3. The molecule has 4 heteroatoms. The average molecular weight is 334 g/mol. The molecule has 1 rings (SSSR count). The molecule has 0 aliphatic heterocycles. The van der Waals surface area contributed by atoms with Gasteiger partial charge in [-0.25, -0.2) is 0 Å². The third-order valence-electron chi connectivity index (χ3n) is 2.08. The Morgan fingerprint density at radius 1 is 1.44 bits per heavy atom. The van der Waals surface area contributed by atoms with Gasteiger partial charge in [0.2, 0.25) is 0 Å². The highest BCUT2D eigenvalue weighted by Gasteiger charge is 2.13. The Kier molecular flexibility index (Phi) is 5.76. The molecule has 1 aromatic rings. The predicted molar refractivity (Wildman–Crippen MR) is 70.0 cm³/mol. The first-order valence-electron chi connectivity index (χ1n) is 5.22. The molecule has 1 N–H and O–H groups in total. The van der Waals surface area contributed by atoms with E-state index in [4.69, 9.17) is 4.74 Å². The summed E-state index contributed by atoms with van der Waals surface area (Å²) in [6.45, 7) is 2.35. The highest BCUT2D eigenvalue weighted by atomic mass is 127. The lowest BCUT2D eigenvalue weighted by atomic mass is 10.1. The third kappa shape index (κ3) is 4.49. The molecule has 0 amide bonds. The minimum Gasteiger partial charge on any atom is -0.466 e. The molecule has 0 saturated carbocycles. The van der Waals surface area contributed by atoms with Gasteiger partial charge in [-0.15, -0.1) is 0 Å². The Balaban J connectivity index is 2.48. The van der Waals surface area contributed by atoms with Crippen LogP contribution in [0.15, 0.2) is 24.3 Å². The summed E-state index contributed by atoms with van der Waals surface area (Å²) in [4.78, 5) is 11.3. The Morgan fingerprint density at radius 3 is 2.62 bits per heavy atom. The molecule has 0 aliphatic rings. The van der Waals surface area contributed by atoms with E-state index in [2.05, 4.69) is 22.6 Å². The van der Waals surface area contributed by atoms with Gasteiger partial charge in [0, 0.05) is 3.57 Å². The van der Waals surface area contributed by atoms with E-state index in [1.54, 1.807) is 0 Å². The second-order valence-electron chi connectivity index (χ2n) is 3.49. The maximum Gasteiger partial charge on any atom is 0.308 e. The van der Waals surface area contributed by atoms with E-state index in [1.165, 1.54) is 0 Å². The van der Waals surface area contributed by atoms with E-state index >= 15 is 0 Å². The molecule has 0 aromatic heterocycles. The van der Waals surface area contributed by atoms with Gasteiger partial charge in [-0.1, -0.05) is 19.1 Å². The van der Waals surface area contributed by atoms with Crippen molar-refractivity contribution in [1.82, 2.24) is 0 Å². The number of ether oxygens (including phenoxy) is 1. The number of esters is 1. The third-order valence-corrected chi connectivity index (χ3v) is 2.80. The van der Waals surface area contributed by atoms with Crippen molar-refractivity contribution in [2.24, 2.45) is 0 Å². The fourth-order valence-electron chi connectivity index (χ4n) is 1.24. The predicted octanol–water partition coefficient (Wildman–Crippen LogP) is 2.67. The van der Waals surface area contributed by atoms with Gasteiger partial charge in [-0.05, 0) is 46.7 Å². The van der Waals surface area contributed by atoms with E-state index in [9.17, 15) is 9.90 Å². The van der Waals surface area contributed by atoms with Crippen molar-refractivity contribution in [2.75, 3.05) is 6.61 Å². The van der Waals surface area contributed by atoms with E-state index < -0.39 is 6.10 Å². The zero-order chi connectivity index (χ0) is 12.0. The fraction of sp³-hybridized carbons (Fsp3) is 0.417. The number of aliphatic hydroxyl groups is 1. The summed E-state index contributed by atoms with van der Waals surface area (Å²) in [6.07, 6.45) is 0.0349. The van der Waals surface area contributed by atoms with Crippen LogP contribution in [-0.4, -0.2) is 17.7 Å². The first kappa shape index (κ1) is 13.4. The largest absolute Gasteiger partial charge is 0.466 e. The number of benzene rings is 1. The normalized spacial score (nSPS) is 12.2. The molecule has 16 heavy (non-hydrogen) atoms. The molecule has 3 nitrogen and oxygen atoms in total. The lowest BCUT2D eigenvalue weighted by Crippen LogP contribution is -2.10. The molecule has 0 bridgehead atoms. The summed E-state index contributed by atoms with van der Waals surface area (Å²) < 4.78 is 6.01. The van der Waals surface area contributed by atoms with Crippen LogP contribution in [0, 0.1) is 3.57 Å². The number of aliphatic hydroxyl groups excluding tert-OH is 1. The zero-order valence-electron chi connectivity index (χ0n) is 9.15. The van der Waals surface area contributed by atoms with E-state index in [0.29, 0.717) is 6.61 Å². The smallest absolute Gasteiger partial charge is 0.308 e. The first-order valence-corrected chi connectivity index (χ1v) is 6.30. The molecule has 0 saturated heterocycles. The van der Waals surface area contributed by atoms with Crippen LogP contribution in [0.4, 0.5) is 0 Å². The number of halogens is 1. The van der Waals surface area contributed by atoms with Gasteiger partial charge in [0.15, 0.2) is 0 Å². The standard InChI is InChI=1S/C12H15IO3/c1-2-7-16-12(15)8-11(14)9-3-5-10(13)6-4-9/h3-6,11,14H,2,7-8H2,1H3/t11-/m0/s1. The monoisotopic (exact) mass is 334 g/mol. The van der Waals surface area contributed by atoms with Crippen molar-refractivity contribution in [3.05, 3.63) is 33.4 Å². The Hall–Kier alpha value is -0.620. The summed E-state index contributed by atoms with van der Waals surface area (Å²) in [5, 5.41) is 9.78. The van der Waals surface area contributed by atoms with Gasteiger partial charge < -0.3 is 9.84 Å². The second kappa shape index (κ2) is 6.85. The highest BCUT2D eigenvalue weighted by Crippen LogP contribution is 2.18. The molecule has 0 heterocycles. The number of carbonyl (C=O) groups is 1. The van der Waals surface area contributed by atoms with Gasteiger partial charge in [-0.2, -0.15) is 0 Å². The molecular formula is C12H15IO3. The maximum absolute atomic E-state index is 11.3. The Bertz CT molecular complexity index is 335. The van der Waals surface area contributed by atoms with E-state index in [-0.39, 0.29) is 12.4 Å². The van der Waals surface area contributed by atoms with Gasteiger partial charge in [0.1, 0.15) is 0 Å². The summed E-state index contributed by atoms with van der Waals surface area (Å²) in [5.74, 6) is -0.354. The van der Waals surface area contributed by atoms with Crippen molar-refractivity contribution in [1.29, 1.82) is 0 Å². The van der Waals surface area contributed by atoms with Crippen LogP contribution in [-0.2, 0) is 9.53 Å². The summed E-state index contributed by atoms with van der Waals surface area (Å²) >= 11 is 2.19. The molecule has 88 valence electrons. The van der Waals surface area contributed by atoms with Crippen LogP contribution in [0.2, 0.25) is 0 Å². The quantitative estimate of drug-likeness (QED) is 0.665. The molecule has 0 unspecified atom stereocenters. The summed E-state index contributed by atoms with van der Waals surface area (Å²) in [5.41, 5.74) is 0.744. The molecule has 0 spiro atoms. The number of hydrogen-bond donors (Lipinski definition) is 1. The fourth-order valence-corrected chi connectivity index (χ4v) is 1.60. The lowest BCUT2D eigenvalue weighted by molar-refractivity contribution is -0.146. The topological polar surface area (TPSA) is 46.5 Å². The number of carbonyl (C=O) groups excluding carboxylic acids is 1. The van der Waals surface area contributed by atoms with Crippen molar-refractivity contribution in [2.45, 2.75) is 25.9 Å². The van der Waals surface area contributed by atoms with Gasteiger partial charge in [0.05, 0.1) is 19.1 Å². The number of hydrogen-bond acceptors (Lipinski definition) is 3. The van der Waals surface area contributed by atoms with Crippen molar-refractivity contribution in [3.63, 3.8) is 0 Å². The SMILES string of the molecule is CCCOC(=O)C[C@H](O)c1ccc(I)cc1. The van der Waals surface area contributed by atoms with Gasteiger partial charge in [0.25, 0.3) is 0 Å². The average Bonchev–Trinajstić information content (AvgIpc) is 2.27. The highest BCUT2D eigenvalue weighted by molar-refractivity contribution is 14.1. The summed E-state index contributed by atoms with van der Waals surface area (Å²) in [7, 11) is 0. The van der Waals surface area contributed by atoms with Crippen LogP contribution >= 0.6 is 22.6 Å².